The molecule has 3 rings (SSSR count). The number of aliphatic hydroxyl groups is 1. The number of halogens is 1. The molecule has 0 aromatic heterocycles. The zero-order valence-electron chi connectivity index (χ0n) is 12.5. The normalized spacial score (nSPS) is 22.8. The second-order valence-corrected chi connectivity index (χ2v) is 5.53. The molecule has 1 fully saturated rings. The molecule has 0 bridgehead atoms. The largest absolute Gasteiger partial charge is 0.482 e. The van der Waals surface area contributed by atoms with Gasteiger partial charge >= 0.3 is 0 Å². The Hall–Kier alpha value is -1.83. The van der Waals surface area contributed by atoms with Crippen LogP contribution in [0.1, 0.15) is 0 Å². The highest BCUT2D eigenvalue weighted by molar-refractivity contribution is 6.02. The average Bonchev–Trinajstić information content (AvgIpc) is 2.93. The van der Waals surface area contributed by atoms with Gasteiger partial charge in [0.25, 0.3) is 5.91 Å². The Morgan fingerprint density at radius 2 is 2.17 bits per heavy atom. The van der Waals surface area contributed by atoms with E-state index in [0.717, 1.165) is 0 Å². The van der Waals surface area contributed by atoms with Crippen LogP contribution in [0.5, 0.6) is 5.75 Å². The van der Waals surface area contributed by atoms with E-state index in [1.54, 1.807) is 18.2 Å². The third-order valence-corrected chi connectivity index (χ3v) is 3.98. The van der Waals surface area contributed by atoms with E-state index in [1.165, 1.54) is 4.90 Å². The van der Waals surface area contributed by atoms with Gasteiger partial charge in [0.1, 0.15) is 12.3 Å². The van der Waals surface area contributed by atoms with E-state index in [1.807, 2.05) is 6.07 Å². The van der Waals surface area contributed by atoms with Gasteiger partial charge in [-0.05, 0) is 12.1 Å². The number of anilines is 1. The number of carbonyl (C=O) groups excluding carboxylic acids is 2. The van der Waals surface area contributed by atoms with Crippen molar-refractivity contribution in [2.24, 2.45) is 5.92 Å². The van der Waals surface area contributed by atoms with E-state index in [2.05, 4.69) is 10.6 Å². The highest BCUT2D eigenvalue weighted by Gasteiger charge is 2.28. The van der Waals surface area contributed by atoms with Crippen molar-refractivity contribution < 1.29 is 19.4 Å². The lowest BCUT2D eigenvalue weighted by atomic mass is 10.1. The van der Waals surface area contributed by atoms with Crippen molar-refractivity contribution >= 4 is 29.9 Å². The summed E-state index contributed by atoms with van der Waals surface area (Å²) in [5.41, 5.74) is 0.608. The van der Waals surface area contributed by atoms with Crippen LogP contribution in [0.2, 0.25) is 0 Å². The van der Waals surface area contributed by atoms with Gasteiger partial charge < -0.3 is 20.5 Å². The van der Waals surface area contributed by atoms with E-state index in [-0.39, 0.29) is 43.3 Å². The first-order valence-electron chi connectivity index (χ1n) is 7.33. The van der Waals surface area contributed by atoms with Gasteiger partial charge in [-0.1, -0.05) is 12.1 Å². The molecule has 2 amide bonds. The molecule has 3 N–H and O–H groups in total. The first-order chi connectivity index (χ1) is 10.6. The van der Waals surface area contributed by atoms with Crippen molar-refractivity contribution in [1.29, 1.82) is 0 Å². The summed E-state index contributed by atoms with van der Waals surface area (Å²) in [4.78, 5) is 25.5. The van der Waals surface area contributed by atoms with Crippen LogP contribution in [-0.4, -0.2) is 55.8 Å². The summed E-state index contributed by atoms with van der Waals surface area (Å²) < 4.78 is 5.34. The van der Waals surface area contributed by atoms with Crippen molar-refractivity contribution in [3.05, 3.63) is 24.3 Å². The standard InChI is InChI=1S/C15H19N3O4.ClH/c19-12-7-16-5-10(12)6-17-14(20)8-18-11-3-1-2-4-13(11)22-9-15(18)21;/h1-4,10,12,16,19H,5-9H2,(H,17,20);1H. The molecule has 8 heteroatoms. The Morgan fingerprint density at radius 1 is 1.39 bits per heavy atom. The van der Waals surface area contributed by atoms with Gasteiger partial charge in [0.05, 0.1) is 11.8 Å². The summed E-state index contributed by atoms with van der Waals surface area (Å²) in [5.74, 6) is 0.127. The number of hydrogen-bond donors (Lipinski definition) is 3. The Kier molecular flexibility index (Phi) is 5.81. The summed E-state index contributed by atoms with van der Waals surface area (Å²) >= 11 is 0. The van der Waals surface area contributed by atoms with Crippen molar-refractivity contribution in [1.82, 2.24) is 10.6 Å². The van der Waals surface area contributed by atoms with E-state index in [4.69, 9.17) is 4.74 Å². The number of nitrogens with one attached hydrogen (secondary N) is 2. The molecule has 2 heterocycles. The molecule has 2 atom stereocenters. The third-order valence-electron chi connectivity index (χ3n) is 3.98. The Labute approximate surface area is 140 Å². The second kappa shape index (κ2) is 7.63. The van der Waals surface area contributed by atoms with Gasteiger partial charge in [-0.2, -0.15) is 0 Å². The summed E-state index contributed by atoms with van der Waals surface area (Å²) in [6.45, 7) is 1.52. The molecule has 126 valence electrons. The van der Waals surface area contributed by atoms with E-state index < -0.39 is 6.10 Å². The van der Waals surface area contributed by atoms with Crippen molar-refractivity contribution in [2.45, 2.75) is 6.10 Å². The third kappa shape index (κ3) is 3.93. The van der Waals surface area contributed by atoms with E-state index in [9.17, 15) is 14.7 Å². The van der Waals surface area contributed by atoms with Gasteiger partial charge in [-0.15, -0.1) is 12.4 Å². The number of nitrogens with zero attached hydrogens (tertiary/aromatic N) is 1. The molecule has 2 unspecified atom stereocenters. The predicted octanol–water partition coefficient (Wildman–Crippen LogP) is -0.470. The SMILES string of the molecule is Cl.O=C(CN1C(=O)COc2ccccc21)NCC1CNCC1O. The Balaban J connectivity index is 0.00000192. The topological polar surface area (TPSA) is 90.9 Å². The maximum atomic E-state index is 12.1. The molecule has 1 aromatic carbocycles. The Morgan fingerprint density at radius 3 is 2.91 bits per heavy atom. The zero-order valence-corrected chi connectivity index (χ0v) is 13.3. The van der Waals surface area contributed by atoms with Crippen LogP contribution in [-0.2, 0) is 9.59 Å². The number of carbonyl (C=O) groups is 2. The maximum Gasteiger partial charge on any atom is 0.265 e. The van der Waals surface area contributed by atoms with Gasteiger partial charge in [-0.25, -0.2) is 0 Å². The molecule has 0 radical (unpaired) electrons. The number of β-amino-alcohol motifs (C(OH)–C–C–N with tert-alkyl or cyclic N) is 1. The molecular formula is C15H20ClN3O4. The number of amides is 2. The summed E-state index contributed by atoms with van der Waals surface area (Å²) in [6, 6.07) is 7.14. The molecule has 23 heavy (non-hydrogen) atoms. The molecule has 0 saturated carbocycles. The summed E-state index contributed by atoms with van der Waals surface area (Å²) in [5, 5.41) is 15.5. The number of para-hydroxylation sites is 2. The quantitative estimate of drug-likeness (QED) is 0.689. The average molecular weight is 342 g/mol. The highest BCUT2D eigenvalue weighted by atomic mass is 35.5. The molecule has 1 saturated heterocycles. The first kappa shape index (κ1) is 17.5. The lowest BCUT2D eigenvalue weighted by Crippen LogP contribution is -2.46. The van der Waals surface area contributed by atoms with Crippen LogP contribution in [0.4, 0.5) is 5.69 Å². The van der Waals surface area contributed by atoms with Crippen LogP contribution in [0.3, 0.4) is 0 Å². The van der Waals surface area contributed by atoms with Crippen LogP contribution >= 0.6 is 12.4 Å². The zero-order chi connectivity index (χ0) is 15.5. The fraction of sp³-hybridized carbons (Fsp3) is 0.467. The predicted molar refractivity (Wildman–Crippen MR) is 86.9 cm³/mol. The summed E-state index contributed by atoms with van der Waals surface area (Å²) in [6.07, 6.45) is -0.439. The fourth-order valence-corrected chi connectivity index (χ4v) is 2.70. The second-order valence-electron chi connectivity index (χ2n) is 5.53. The molecule has 0 aliphatic carbocycles. The molecule has 0 spiro atoms. The number of rotatable bonds is 4. The smallest absolute Gasteiger partial charge is 0.265 e. The van der Waals surface area contributed by atoms with Gasteiger partial charge in [0.15, 0.2) is 6.61 Å². The first-order valence-corrected chi connectivity index (χ1v) is 7.33. The van der Waals surface area contributed by atoms with Crippen LogP contribution in [0.25, 0.3) is 0 Å². The minimum absolute atomic E-state index is 0. The van der Waals surface area contributed by atoms with Crippen molar-refractivity contribution in [3.63, 3.8) is 0 Å². The molecular weight excluding hydrogens is 322 g/mol. The molecule has 2 aliphatic rings. The molecule has 1 aromatic rings. The van der Waals surface area contributed by atoms with Crippen LogP contribution in [0, 0.1) is 5.92 Å². The van der Waals surface area contributed by atoms with Crippen LogP contribution < -0.4 is 20.3 Å². The summed E-state index contributed by atoms with van der Waals surface area (Å²) in [7, 11) is 0. The van der Waals surface area contributed by atoms with Crippen LogP contribution in [0.15, 0.2) is 24.3 Å². The lowest BCUT2D eigenvalue weighted by Gasteiger charge is -2.28. The van der Waals surface area contributed by atoms with Gasteiger partial charge in [-0.3, -0.25) is 14.5 Å². The maximum absolute atomic E-state index is 12.1. The van der Waals surface area contributed by atoms with Crippen molar-refractivity contribution in [2.75, 3.05) is 37.7 Å². The molecule has 7 nitrogen and oxygen atoms in total. The molecule has 2 aliphatic heterocycles. The highest BCUT2D eigenvalue weighted by Crippen LogP contribution is 2.31. The van der Waals surface area contributed by atoms with E-state index >= 15 is 0 Å². The number of benzene rings is 1. The van der Waals surface area contributed by atoms with E-state index in [0.29, 0.717) is 31.1 Å². The Bertz CT molecular complexity index is 584. The van der Waals surface area contributed by atoms with Gasteiger partial charge in [0.2, 0.25) is 5.91 Å². The minimum Gasteiger partial charge on any atom is -0.482 e. The lowest BCUT2D eigenvalue weighted by molar-refractivity contribution is -0.125. The number of fused-ring (bicyclic) bond motifs is 1. The number of ether oxygens (including phenoxy) is 1. The number of aliphatic hydroxyl groups excluding tert-OH is 1. The number of hydrogen-bond acceptors (Lipinski definition) is 5. The van der Waals surface area contributed by atoms with Crippen molar-refractivity contribution in [3.8, 4) is 5.75 Å². The monoisotopic (exact) mass is 341 g/mol. The van der Waals surface area contributed by atoms with Gasteiger partial charge in [0, 0.05) is 25.6 Å². The minimum atomic E-state index is -0.439. The fourth-order valence-electron chi connectivity index (χ4n) is 2.70.